The standard InChI is InChI=1S/C14H22Cl2N2O4/c1-6(22-13(2,3)4)9(17)11(19)18-5-7-8(14(7,15)16)10(18)12(20)21/h6-10H,5,17H2,1-4H3,(H,20,21)/t6-,7+,8+,9+,10+/m1/s1. The molecule has 0 bridgehead atoms. The third-order valence-electron chi connectivity index (χ3n) is 4.20. The van der Waals surface area contributed by atoms with Crippen LogP contribution in [0.15, 0.2) is 0 Å². The molecule has 1 saturated heterocycles. The van der Waals surface area contributed by atoms with Gasteiger partial charge in [0.2, 0.25) is 5.91 Å². The van der Waals surface area contributed by atoms with Crippen molar-refractivity contribution >= 4 is 35.1 Å². The Morgan fingerprint density at radius 3 is 2.41 bits per heavy atom. The van der Waals surface area contributed by atoms with Gasteiger partial charge in [0.25, 0.3) is 0 Å². The average molecular weight is 353 g/mol. The predicted octanol–water partition coefficient (Wildman–Crippen LogP) is 1.23. The average Bonchev–Trinajstić information content (AvgIpc) is 2.75. The lowest BCUT2D eigenvalue weighted by Crippen LogP contribution is -2.55. The maximum Gasteiger partial charge on any atom is 0.326 e. The van der Waals surface area contributed by atoms with Crippen LogP contribution in [0.25, 0.3) is 0 Å². The van der Waals surface area contributed by atoms with Crippen molar-refractivity contribution in [3.63, 3.8) is 0 Å². The quantitative estimate of drug-likeness (QED) is 0.742. The normalized spacial score (nSPS) is 32.3. The van der Waals surface area contributed by atoms with Crippen molar-refractivity contribution in [1.29, 1.82) is 0 Å². The first-order valence-corrected chi connectivity index (χ1v) is 7.98. The summed E-state index contributed by atoms with van der Waals surface area (Å²) < 4.78 is 4.62. The minimum Gasteiger partial charge on any atom is -0.480 e. The molecule has 1 aliphatic carbocycles. The number of fused-ring (bicyclic) bond motifs is 1. The maximum absolute atomic E-state index is 12.5. The summed E-state index contributed by atoms with van der Waals surface area (Å²) in [6.45, 7) is 7.50. The third kappa shape index (κ3) is 3.07. The van der Waals surface area contributed by atoms with E-state index in [0.717, 1.165) is 0 Å². The molecule has 2 rings (SSSR count). The second-order valence-electron chi connectivity index (χ2n) is 7.04. The summed E-state index contributed by atoms with van der Waals surface area (Å²) in [6, 6.07) is -1.96. The topological polar surface area (TPSA) is 92.9 Å². The van der Waals surface area contributed by atoms with E-state index in [0.29, 0.717) is 0 Å². The Morgan fingerprint density at radius 2 is 1.95 bits per heavy atom. The Morgan fingerprint density at radius 1 is 1.41 bits per heavy atom. The van der Waals surface area contributed by atoms with Crippen LogP contribution in [-0.4, -0.2) is 56.5 Å². The van der Waals surface area contributed by atoms with Gasteiger partial charge in [0.15, 0.2) is 0 Å². The molecular formula is C14H22Cl2N2O4. The first-order chi connectivity index (χ1) is 9.88. The maximum atomic E-state index is 12.5. The zero-order valence-corrected chi connectivity index (χ0v) is 14.6. The predicted molar refractivity (Wildman–Crippen MR) is 82.8 cm³/mol. The zero-order chi connectivity index (χ0) is 17.0. The van der Waals surface area contributed by atoms with Crippen LogP contribution >= 0.6 is 23.2 Å². The molecule has 2 fully saturated rings. The summed E-state index contributed by atoms with van der Waals surface area (Å²) >= 11 is 12.1. The van der Waals surface area contributed by atoms with E-state index in [4.69, 9.17) is 33.7 Å². The lowest BCUT2D eigenvalue weighted by Gasteiger charge is -2.33. The molecule has 6 nitrogen and oxygen atoms in total. The van der Waals surface area contributed by atoms with E-state index in [1.54, 1.807) is 6.92 Å². The van der Waals surface area contributed by atoms with Gasteiger partial charge in [-0.1, -0.05) is 0 Å². The van der Waals surface area contributed by atoms with Crippen molar-refractivity contribution in [2.24, 2.45) is 17.6 Å². The fourth-order valence-corrected chi connectivity index (χ4v) is 3.97. The summed E-state index contributed by atoms with van der Waals surface area (Å²) in [5.74, 6) is -2.21. The van der Waals surface area contributed by atoms with E-state index < -0.39 is 45.9 Å². The molecule has 0 aromatic carbocycles. The first-order valence-electron chi connectivity index (χ1n) is 7.22. The Labute approximate surface area is 139 Å². The minimum atomic E-state index is -1.11. The molecule has 0 aromatic rings. The molecule has 3 N–H and O–H groups in total. The van der Waals surface area contributed by atoms with Crippen LogP contribution in [0.5, 0.6) is 0 Å². The van der Waals surface area contributed by atoms with Gasteiger partial charge in [-0.05, 0) is 27.7 Å². The van der Waals surface area contributed by atoms with E-state index in [1.165, 1.54) is 4.90 Å². The van der Waals surface area contributed by atoms with E-state index >= 15 is 0 Å². The zero-order valence-electron chi connectivity index (χ0n) is 13.0. The number of hydrogen-bond donors (Lipinski definition) is 2. The fraction of sp³-hybridized carbons (Fsp3) is 0.857. The fourth-order valence-electron chi connectivity index (χ4n) is 3.14. The SMILES string of the molecule is C[C@@H](OC(C)(C)C)[C@H](N)C(=O)N1C[C@H]2[C@@H]([C@H]1C(=O)O)C2(Cl)Cl. The summed E-state index contributed by atoms with van der Waals surface area (Å²) in [7, 11) is 0. The second-order valence-corrected chi connectivity index (χ2v) is 8.49. The van der Waals surface area contributed by atoms with Crippen molar-refractivity contribution in [1.82, 2.24) is 4.90 Å². The van der Waals surface area contributed by atoms with Gasteiger partial charge >= 0.3 is 5.97 Å². The van der Waals surface area contributed by atoms with Gasteiger partial charge in [0.05, 0.1) is 11.7 Å². The number of hydrogen-bond acceptors (Lipinski definition) is 4. The number of carboxylic acid groups (broad SMARTS) is 1. The molecule has 0 radical (unpaired) electrons. The van der Waals surface area contributed by atoms with Crippen molar-refractivity contribution < 1.29 is 19.4 Å². The van der Waals surface area contributed by atoms with Gasteiger partial charge in [0.1, 0.15) is 16.4 Å². The lowest BCUT2D eigenvalue weighted by molar-refractivity contribution is -0.152. The monoisotopic (exact) mass is 352 g/mol. The molecule has 22 heavy (non-hydrogen) atoms. The van der Waals surface area contributed by atoms with Crippen LogP contribution in [0.4, 0.5) is 0 Å². The number of carbonyl (C=O) groups is 2. The lowest BCUT2D eigenvalue weighted by atomic mass is 10.1. The number of piperidine rings is 1. The number of alkyl halides is 2. The largest absolute Gasteiger partial charge is 0.480 e. The van der Waals surface area contributed by atoms with Gasteiger partial charge in [-0.2, -0.15) is 0 Å². The highest BCUT2D eigenvalue weighted by atomic mass is 35.5. The smallest absolute Gasteiger partial charge is 0.326 e. The Hall–Kier alpha value is -0.560. The highest BCUT2D eigenvalue weighted by Crippen LogP contribution is 2.65. The van der Waals surface area contributed by atoms with E-state index in [9.17, 15) is 14.7 Å². The number of nitrogens with two attached hydrogens (primary N) is 1. The highest BCUT2D eigenvalue weighted by Gasteiger charge is 2.74. The van der Waals surface area contributed by atoms with Gasteiger partial charge in [-0.25, -0.2) is 4.79 Å². The molecule has 5 atom stereocenters. The molecule has 0 unspecified atom stereocenters. The molecule has 1 amide bonds. The molecule has 0 aromatic heterocycles. The molecule has 126 valence electrons. The Balaban J connectivity index is 2.08. The van der Waals surface area contributed by atoms with Crippen LogP contribution in [0.3, 0.4) is 0 Å². The molecular weight excluding hydrogens is 331 g/mol. The number of rotatable bonds is 4. The third-order valence-corrected chi connectivity index (χ3v) is 5.26. The van der Waals surface area contributed by atoms with Crippen LogP contribution in [-0.2, 0) is 14.3 Å². The van der Waals surface area contributed by atoms with Crippen LogP contribution in [0, 0.1) is 11.8 Å². The molecule has 2 aliphatic rings. The van der Waals surface area contributed by atoms with Crippen molar-refractivity contribution in [2.75, 3.05) is 6.54 Å². The first kappa shape index (κ1) is 17.8. The van der Waals surface area contributed by atoms with Crippen LogP contribution in [0.1, 0.15) is 27.7 Å². The van der Waals surface area contributed by atoms with E-state index in [-0.39, 0.29) is 12.5 Å². The number of halogens is 2. The number of likely N-dealkylation sites (tertiary alicyclic amines) is 1. The van der Waals surface area contributed by atoms with E-state index in [1.807, 2.05) is 20.8 Å². The van der Waals surface area contributed by atoms with Crippen molar-refractivity contribution in [3.05, 3.63) is 0 Å². The Bertz CT molecular complexity index is 492. The second kappa shape index (κ2) is 5.51. The molecule has 1 saturated carbocycles. The van der Waals surface area contributed by atoms with Gasteiger partial charge < -0.3 is 20.5 Å². The van der Waals surface area contributed by atoms with Crippen molar-refractivity contribution in [2.45, 2.75) is 55.8 Å². The molecule has 8 heteroatoms. The number of carboxylic acids is 1. The molecule has 1 heterocycles. The minimum absolute atomic E-state index is 0.212. The number of ether oxygens (including phenoxy) is 1. The van der Waals surface area contributed by atoms with Gasteiger partial charge in [-0.15, -0.1) is 23.2 Å². The molecule has 0 spiro atoms. The van der Waals surface area contributed by atoms with Crippen molar-refractivity contribution in [3.8, 4) is 0 Å². The van der Waals surface area contributed by atoms with Crippen LogP contribution < -0.4 is 5.73 Å². The summed E-state index contributed by atoms with van der Waals surface area (Å²) in [6.07, 6.45) is -0.532. The summed E-state index contributed by atoms with van der Waals surface area (Å²) in [4.78, 5) is 25.3. The Kier molecular flexibility index (Phi) is 4.46. The number of carbonyl (C=O) groups excluding carboxylic acids is 1. The number of amides is 1. The summed E-state index contributed by atoms with van der Waals surface area (Å²) in [5.41, 5.74) is 5.52. The van der Waals surface area contributed by atoms with Crippen LogP contribution in [0.2, 0.25) is 0 Å². The van der Waals surface area contributed by atoms with Gasteiger partial charge in [0, 0.05) is 18.4 Å². The summed E-state index contributed by atoms with van der Waals surface area (Å²) in [5, 5.41) is 9.39. The number of aliphatic carboxylic acids is 1. The number of nitrogens with zero attached hydrogens (tertiary/aromatic N) is 1. The van der Waals surface area contributed by atoms with Gasteiger partial charge in [-0.3, -0.25) is 4.79 Å². The van der Waals surface area contributed by atoms with E-state index in [2.05, 4.69) is 0 Å². The highest BCUT2D eigenvalue weighted by molar-refractivity contribution is 6.51. The molecule has 1 aliphatic heterocycles.